The van der Waals surface area contributed by atoms with Crippen LogP contribution in [0.2, 0.25) is 0 Å². The smallest absolute Gasteiger partial charge is 0.343 e. The van der Waals surface area contributed by atoms with E-state index in [9.17, 15) is 19.5 Å². The Labute approximate surface area is 245 Å². The quantitative estimate of drug-likeness (QED) is 0.139. The number of hydrogen-bond acceptors (Lipinski definition) is 8. The Bertz CT molecular complexity index is 1740. The molecular weight excluding hydrogens is 557 g/mol. The van der Waals surface area contributed by atoms with Crippen molar-refractivity contribution < 1.29 is 23.8 Å². The first-order chi connectivity index (χ1) is 19.9. The maximum atomic E-state index is 15.1. The highest BCUT2D eigenvalue weighted by molar-refractivity contribution is 6.28. The fourth-order valence-electron chi connectivity index (χ4n) is 6.77. The molecule has 2 aromatic heterocycles. The van der Waals surface area contributed by atoms with Crippen molar-refractivity contribution in [1.82, 2.24) is 14.9 Å². The number of aromatic nitrogens is 2. The molecule has 0 saturated carbocycles. The molecule has 0 bridgehead atoms. The fourth-order valence-corrected chi connectivity index (χ4v) is 7.27. The van der Waals surface area contributed by atoms with Crippen LogP contribution in [0.15, 0.2) is 16.9 Å². The minimum Gasteiger partial charge on any atom is -0.458 e. The summed E-state index contributed by atoms with van der Waals surface area (Å²) in [6.45, 7) is 3.88. The van der Waals surface area contributed by atoms with Crippen LogP contribution in [0.25, 0.3) is 22.3 Å². The van der Waals surface area contributed by atoms with E-state index in [1.165, 1.54) is 6.07 Å². The SMILES string of the molecule is CC[C@@]1(O)C(=O)OCc2c1cc1n(c2=O)Cc2c-1nc1cc(F)c(C)c3c1c2[C@@H](NC(=O)[C@@](N)([SiH3])CCCCN)CC3. The zero-order valence-corrected chi connectivity index (χ0v) is 26.1. The Morgan fingerprint density at radius 3 is 2.79 bits per heavy atom. The van der Waals surface area contributed by atoms with Gasteiger partial charge >= 0.3 is 5.97 Å². The highest BCUT2D eigenvalue weighted by Crippen LogP contribution is 2.46. The molecule has 1 amide bonds. The summed E-state index contributed by atoms with van der Waals surface area (Å²) in [4.78, 5) is 44.7. The first kappa shape index (κ1) is 28.7. The number of hydrogen-bond donors (Lipinski definition) is 4. The molecule has 6 rings (SSSR count). The van der Waals surface area contributed by atoms with Crippen molar-refractivity contribution in [1.29, 1.82) is 0 Å². The molecule has 0 unspecified atom stereocenters. The van der Waals surface area contributed by atoms with Gasteiger partial charge in [-0.15, -0.1) is 0 Å². The van der Waals surface area contributed by atoms with E-state index in [4.69, 9.17) is 21.2 Å². The monoisotopic (exact) mass is 593 g/mol. The maximum Gasteiger partial charge on any atom is 0.343 e. The van der Waals surface area contributed by atoms with Crippen LogP contribution in [0.5, 0.6) is 0 Å². The summed E-state index contributed by atoms with van der Waals surface area (Å²) in [5, 5.41) is 14.2. The number of carbonyl (C=O) groups excluding carboxylic acids is 2. The van der Waals surface area contributed by atoms with Crippen molar-refractivity contribution in [3.63, 3.8) is 0 Å². The normalized spacial score (nSPS) is 21.9. The van der Waals surface area contributed by atoms with Crippen LogP contribution >= 0.6 is 0 Å². The zero-order valence-electron chi connectivity index (χ0n) is 24.1. The molecule has 0 spiro atoms. The molecule has 3 aromatic rings. The van der Waals surface area contributed by atoms with Crippen molar-refractivity contribution in [2.75, 3.05) is 6.54 Å². The van der Waals surface area contributed by atoms with Gasteiger partial charge in [-0.25, -0.2) is 14.2 Å². The molecule has 0 fully saturated rings. The number of halogens is 1. The van der Waals surface area contributed by atoms with Gasteiger partial charge in [-0.1, -0.05) is 13.3 Å². The van der Waals surface area contributed by atoms with Crippen molar-refractivity contribution in [2.45, 2.75) is 82.3 Å². The number of benzene rings is 1. The summed E-state index contributed by atoms with van der Waals surface area (Å²) < 4.78 is 21.9. The molecule has 0 radical (unpaired) electrons. The molecule has 2 aliphatic heterocycles. The molecule has 12 heteroatoms. The predicted molar refractivity (Wildman–Crippen MR) is 158 cm³/mol. The standard InChI is InChI=1S/C30H36FN5O5Si/c1-3-29(40)18-10-22-25-16(12-36(22)26(37)17(18)13-41-28(29)39)24-20(35-27(38)30(33,42)8-4-5-9-32)7-6-15-14(2)19(31)11-21(34-25)23(15)24/h10-11,20,40H,3-9,12-13,32-33H2,1-2,42H3,(H,35,38)/t20-,29-,30-/m0/s1. The van der Waals surface area contributed by atoms with E-state index in [0.29, 0.717) is 58.5 Å². The van der Waals surface area contributed by atoms with E-state index in [0.717, 1.165) is 34.9 Å². The van der Waals surface area contributed by atoms with E-state index in [1.807, 2.05) is 0 Å². The Hall–Kier alpha value is -3.45. The topological polar surface area (TPSA) is 163 Å². The molecule has 3 aliphatic rings. The van der Waals surface area contributed by atoms with Gasteiger partial charge in [0.25, 0.3) is 5.56 Å². The van der Waals surface area contributed by atoms with Crippen molar-refractivity contribution >= 4 is 33.0 Å². The lowest BCUT2D eigenvalue weighted by Gasteiger charge is -2.32. The highest BCUT2D eigenvalue weighted by atomic mass is 28.1. The summed E-state index contributed by atoms with van der Waals surface area (Å²) in [6.07, 6.45) is 3.19. The number of aliphatic hydroxyl groups is 1. The number of unbranched alkanes of at least 4 members (excludes halogenated alkanes) is 1. The zero-order chi connectivity index (χ0) is 30.1. The molecule has 4 heterocycles. The molecule has 6 N–H and O–H groups in total. The van der Waals surface area contributed by atoms with E-state index in [2.05, 4.69) is 5.32 Å². The molecule has 222 valence electrons. The van der Waals surface area contributed by atoms with Gasteiger partial charge in [0, 0.05) is 32.8 Å². The Morgan fingerprint density at radius 1 is 1.31 bits per heavy atom. The summed E-state index contributed by atoms with van der Waals surface area (Å²) in [5.41, 5.74) is 14.5. The average Bonchev–Trinajstić information content (AvgIpc) is 3.33. The lowest BCUT2D eigenvalue weighted by atomic mass is 9.81. The van der Waals surface area contributed by atoms with E-state index in [-0.39, 0.29) is 48.0 Å². The molecule has 42 heavy (non-hydrogen) atoms. The number of pyridine rings is 2. The van der Waals surface area contributed by atoms with Gasteiger partial charge in [-0.05, 0) is 68.3 Å². The first-order valence-electron chi connectivity index (χ1n) is 14.5. The number of carbonyl (C=O) groups is 2. The molecule has 1 aliphatic carbocycles. The lowest BCUT2D eigenvalue weighted by Crippen LogP contribution is -2.55. The second-order valence-electron chi connectivity index (χ2n) is 12.0. The van der Waals surface area contributed by atoms with Gasteiger partial charge in [0.15, 0.2) is 5.60 Å². The minimum absolute atomic E-state index is 0.0272. The van der Waals surface area contributed by atoms with E-state index < -0.39 is 22.8 Å². The first-order valence-corrected chi connectivity index (χ1v) is 15.5. The largest absolute Gasteiger partial charge is 0.458 e. The van der Waals surface area contributed by atoms with Crippen molar-refractivity contribution in [2.24, 2.45) is 11.5 Å². The van der Waals surface area contributed by atoms with Gasteiger partial charge in [0.1, 0.15) is 12.4 Å². The molecule has 1 aromatic carbocycles. The number of nitrogens with one attached hydrogen (secondary N) is 1. The maximum absolute atomic E-state index is 15.1. The van der Waals surface area contributed by atoms with Crippen LogP contribution in [0.4, 0.5) is 4.39 Å². The number of cyclic esters (lactones) is 1. The van der Waals surface area contributed by atoms with Crippen LogP contribution in [0.3, 0.4) is 0 Å². The fraction of sp³-hybridized carbons (Fsp3) is 0.467. The van der Waals surface area contributed by atoms with Gasteiger partial charge < -0.3 is 31.2 Å². The van der Waals surface area contributed by atoms with Gasteiger partial charge in [-0.2, -0.15) is 0 Å². The number of ether oxygens (including phenoxy) is 1. The Balaban J connectivity index is 1.53. The minimum atomic E-state index is -1.96. The molecule has 0 saturated heterocycles. The third-order valence-electron chi connectivity index (χ3n) is 9.35. The third kappa shape index (κ3) is 4.15. The molecular formula is C30H36FN5O5Si. The van der Waals surface area contributed by atoms with Crippen LogP contribution in [-0.4, -0.2) is 48.5 Å². The van der Waals surface area contributed by atoms with Gasteiger partial charge in [0.05, 0.1) is 40.2 Å². The van der Waals surface area contributed by atoms with E-state index >= 15 is 4.39 Å². The van der Waals surface area contributed by atoms with Crippen LogP contribution < -0.4 is 22.3 Å². The lowest BCUT2D eigenvalue weighted by molar-refractivity contribution is -0.172. The summed E-state index contributed by atoms with van der Waals surface area (Å²) >= 11 is 0. The second-order valence-corrected chi connectivity index (χ2v) is 13.8. The summed E-state index contributed by atoms with van der Waals surface area (Å²) in [6, 6.07) is 2.62. The number of aryl methyl sites for hydroxylation is 1. The van der Waals surface area contributed by atoms with Crippen molar-refractivity contribution in [3.05, 3.63) is 61.7 Å². The van der Waals surface area contributed by atoms with Crippen LogP contribution in [-0.2, 0) is 39.5 Å². The van der Waals surface area contributed by atoms with Crippen LogP contribution in [0.1, 0.15) is 78.5 Å². The summed E-state index contributed by atoms with van der Waals surface area (Å²) in [7, 11) is 0.452. The van der Waals surface area contributed by atoms with E-state index in [1.54, 1.807) is 24.5 Å². The predicted octanol–water partition coefficient (Wildman–Crippen LogP) is 0.780. The molecule has 3 atom stereocenters. The number of esters is 1. The Morgan fingerprint density at radius 2 is 2.07 bits per heavy atom. The van der Waals surface area contributed by atoms with Gasteiger partial charge in [0.2, 0.25) is 5.91 Å². The van der Waals surface area contributed by atoms with Crippen LogP contribution in [0, 0.1) is 12.7 Å². The Kier molecular flexibility index (Phi) is 6.88. The number of rotatable bonds is 7. The number of nitrogens with zero attached hydrogens (tertiary/aromatic N) is 2. The number of fused-ring (bicyclic) bond motifs is 5. The number of nitrogens with two attached hydrogens (primary N) is 2. The van der Waals surface area contributed by atoms with Gasteiger partial charge in [-0.3, -0.25) is 9.59 Å². The second kappa shape index (κ2) is 10.1. The highest BCUT2D eigenvalue weighted by Gasteiger charge is 2.46. The third-order valence-corrected chi connectivity index (χ3v) is 10.3. The van der Waals surface area contributed by atoms with Crippen molar-refractivity contribution in [3.8, 4) is 11.4 Å². The number of amides is 1. The molecule has 10 nitrogen and oxygen atoms in total. The summed E-state index contributed by atoms with van der Waals surface area (Å²) in [5.74, 6) is -1.40. The average molecular weight is 594 g/mol.